The topological polar surface area (TPSA) is 59.0 Å². The second-order valence-electron chi connectivity index (χ2n) is 3.66. The van der Waals surface area contributed by atoms with Crippen molar-refractivity contribution in [3.05, 3.63) is 47.8 Å². The maximum absolute atomic E-state index is 12.1. The summed E-state index contributed by atoms with van der Waals surface area (Å²) < 4.78 is 4.62. The lowest BCUT2D eigenvalue weighted by Crippen LogP contribution is -2.28. The first-order valence-corrected chi connectivity index (χ1v) is 5.40. The molecule has 18 heavy (non-hydrogen) atoms. The van der Waals surface area contributed by atoms with Gasteiger partial charge in [0, 0.05) is 24.2 Å². The number of benzene rings is 1. The van der Waals surface area contributed by atoms with Crippen LogP contribution < -0.4 is 0 Å². The number of rotatable bonds is 2. The molecule has 0 saturated carbocycles. The average molecular weight is 244 g/mol. The molecule has 0 aromatic heterocycles. The van der Waals surface area contributed by atoms with Crippen molar-refractivity contribution in [2.45, 2.75) is 0 Å². The molecular weight excluding hydrogens is 232 g/mol. The molecule has 1 aliphatic rings. The summed E-state index contributed by atoms with van der Waals surface area (Å²) in [6.45, 7) is 0.428. The molecule has 1 aliphatic heterocycles. The zero-order chi connectivity index (χ0) is 13.0. The summed E-state index contributed by atoms with van der Waals surface area (Å²) >= 11 is 0. The van der Waals surface area contributed by atoms with Gasteiger partial charge in [0.1, 0.15) is 0 Å². The van der Waals surface area contributed by atoms with E-state index in [9.17, 15) is 9.59 Å². The number of ether oxygens (including phenoxy) is 1. The second-order valence-corrected chi connectivity index (χ2v) is 3.66. The molecule has 0 spiro atoms. The number of amides is 1. The Morgan fingerprint density at radius 2 is 2.11 bits per heavy atom. The van der Waals surface area contributed by atoms with E-state index in [1.165, 1.54) is 18.1 Å². The minimum atomic E-state index is -0.458. The number of esters is 1. The summed E-state index contributed by atoms with van der Waals surface area (Å²) in [6, 6.07) is 6.44. The minimum absolute atomic E-state index is 0.178. The van der Waals surface area contributed by atoms with Gasteiger partial charge in [0.05, 0.1) is 19.2 Å². The largest absolute Gasteiger partial charge is 0.465 e. The predicted molar refractivity (Wildman–Crippen MR) is 66.5 cm³/mol. The number of nitrogens with zero attached hydrogens (tertiary/aromatic N) is 2. The molecule has 2 rings (SSSR count). The van der Waals surface area contributed by atoms with E-state index in [1.807, 2.05) is 0 Å². The summed E-state index contributed by atoms with van der Waals surface area (Å²) in [5.41, 5.74) is 0.802. The number of hydrogen-bond donors (Lipinski definition) is 0. The van der Waals surface area contributed by atoms with E-state index in [4.69, 9.17) is 0 Å². The van der Waals surface area contributed by atoms with Crippen LogP contribution >= 0.6 is 0 Å². The van der Waals surface area contributed by atoms with Crippen molar-refractivity contribution >= 4 is 18.1 Å². The molecule has 1 heterocycles. The van der Waals surface area contributed by atoms with E-state index in [1.54, 1.807) is 36.8 Å². The van der Waals surface area contributed by atoms with Crippen LogP contribution in [0.5, 0.6) is 0 Å². The van der Waals surface area contributed by atoms with E-state index in [2.05, 4.69) is 9.73 Å². The number of aliphatic imine (C=N–C) groups is 1. The van der Waals surface area contributed by atoms with E-state index in [0.29, 0.717) is 17.7 Å². The van der Waals surface area contributed by atoms with Crippen molar-refractivity contribution in [1.82, 2.24) is 4.90 Å². The van der Waals surface area contributed by atoms with Crippen LogP contribution in [0.4, 0.5) is 0 Å². The maximum Gasteiger partial charge on any atom is 0.337 e. The molecule has 1 aromatic carbocycles. The molecular formula is C13H12N2O3. The van der Waals surface area contributed by atoms with Gasteiger partial charge in [0.25, 0.3) is 5.91 Å². The lowest BCUT2D eigenvalue weighted by Gasteiger charge is -2.17. The summed E-state index contributed by atoms with van der Waals surface area (Å²) in [6.07, 6.45) is 4.79. The number of methoxy groups -OCH3 is 1. The van der Waals surface area contributed by atoms with Gasteiger partial charge >= 0.3 is 5.97 Å². The quantitative estimate of drug-likeness (QED) is 0.740. The Balaban J connectivity index is 2.23. The third-order valence-corrected chi connectivity index (χ3v) is 2.51. The van der Waals surface area contributed by atoms with Gasteiger partial charge in [0.2, 0.25) is 0 Å². The highest BCUT2D eigenvalue weighted by Crippen LogP contribution is 2.10. The Kier molecular flexibility index (Phi) is 3.52. The second kappa shape index (κ2) is 5.27. The molecule has 0 aliphatic carbocycles. The molecule has 1 amide bonds. The maximum atomic E-state index is 12.1. The van der Waals surface area contributed by atoms with Gasteiger partial charge in [-0.05, 0) is 18.2 Å². The first-order chi connectivity index (χ1) is 8.72. The third-order valence-electron chi connectivity index (χ3n) is 2.51. The van der Waals surface area contributed by atoms with Crippen LogP contribution in [0.3, 0.4) is 0 Å². The average Bonchev–Trinajstić information content (AvgIpc) is 2.46. The van der Waals surface area contributed by atoms with E-state index in [-0.39, 0.29) is 5.91 Å². The normalized spacial score (nSPS) is 13.5. The van der Waals surface area contributed by atoms with Crippen LogP contribution in [-0.4, -0.2) is 36.6 Å². The molecule has 0 N–H and O–H groups in total. The van der Waals surface area contributed by atoms with Crippen LogP contribution in [0.2, 0.25) is 0 Å². The molecule has 0 radical (unpaired) electrons. The Morgan fingerprint density at radius 1 is 1.33 bits per heavy atom. The summed E-state index contributed by atoms with van der Waals surface area (Å²) in [4.78, 5) is 28.9. The van der Waals surface area contributed by atoms with Gasteiger partial charge in [-0.15, -0.1) is 0 Å². The highest BCUT2D eigenvalue weighted by Gasteiger charge is 2.15. The number of carbonyl (C=O) groups is 2. The van der Waals surface area contributed by atoms with Crippen molar-refractivity contribution in [2.75, 3.05) is 13.7 Å². The Hall–Kier alpha value is -2.43. The standard InChI is InChI=1S/C13H12N2O3/c1-18-13(17)11-4-2-3-10(9-11)12(16)15-7-5-14-6-8-15/h2-7,9H,8H2,1H3. The van der Waals surface area contributed by atoms with Crippen molar-refractivity contribution < 1.29 is 14.3 Å². The van der Waals surface area contributed by atoms with Gasteiger partial charge in [-0.1, -0.05) is 6.07 Å². The number of carbonyl (C=O) groups excluding carboxylic acids is 2. The van der Waals surface area contributed by atoms with Crippen LogP contribution in [-0.2, 0) is 4.74 Å². The van der Waals surface area contributed by atoms with Gasteiger partial charge in [-0.25, -0.2) is 4.79 Å². The predicted octanol–water partition coefficient (Wildman–Crippen LogP) is 1.47. The van der Waals surface area contributed by atoms with Crippen molar-refractivity contribution in [2.24, 2.45) is 4.99 Å². The first kappa shape index (κ1) is 12.0. The van der Waals surface area contributed by atoms with Gasteiger partial charge < -0.3 is 9.64 Å². The first-order valence-electron chi connectivity index (χ1n) is 5.40. The monoisotopic (exact) mass is 244 g/mol. The molecule has 0 saturated heterocycles. The molecule has 0 unspecified atom stereocenters. The van der Waals surface area contributed by atoms with Gasteiger partial charge in [-0.3, -0.25) is 9.79 Å². The van der Waals surface area contributed by atoms with Crippen molar-refractivity contribution in [3.8, 4) is 0 Å². The van der Waals surface area contributed by atoms with E-state index >= 15 is 0 Å². The van der Waals surface area contributed by atoms with E-state index in [0.717, 1.165) is 0 Å². The summed E-state index contributed by atoms with van der Waals surface area (Å²) in [5.74, 6) is -0.636. The molecule has 1 aromatic rings. The zero-order valence-corrected chi connectivity index (χ0v) is 9.87. The molecule has 5 heteroatoms. The van der Waals surface area contributed by atoms with Crippen molar-refractivity contribution in [1.29, 1.82) is 0 Å². The lowest BCUT2D eigenvalue weighted by molar-refractivity contribution is 0.0600. The van der Waals surface area contributed by atoms with Gasteiger partial charge in [-0.2, -0.15) is 0 Å². The Bertz CT molecular complexity index is 535. The lowest BCUT2D eigenvalue weighted by atomic mass is 10.1. The van der Waals surface area contributed by atoms with Crippen LogP contribution in [0.15, 0.2) is 41.7 Å². The molecule has 0 atom stereocenters. The summed E-state index contributed by atoms with van der Waals surface area (Å²) in [5, 5.41) is 0. The molecule has 92 valence electrons. The fourth-order valence-corrected chi connectivity index (χ4v) is 1.59. The Labute approximate surface area is 104 Å². The number of hydrogen-bond acceptors (Lipinski definition) is 4. The SMILES string of the molecule is COC(=O)c1cccc(C(=O)N2C=CN=CC2)c1. The smallest absolute Gasteiger partial charge is 0.337 e. The zero-order valence-electron chi connectivity index (χ0n) is 9.87. The highest BCUT2D eigenvalue weighted by molar-refractivity contribution is 5.99. The minimum Gasteiger partial charge on any atom is -0.465 e. The molecule has 0 fully saturated rings. The highest BCUT2D eigenvalue weighted by atomic mass is 16.5. The molecule has 5 nitrogen and oxygen atoms in total. The van der Waals surface area contributed by atoms with Crippen LogP contribution in [0, 0.1) is 0 Å². The fourth-order valence-electron chi connectivity index (χ4n) is 1.59. The third kappa shape index (κ3) is 2.45. The van der Waals surface area contributed by atoms with Gasteiger partial charge in [0.15, 0.2) is 0 Å². The summed E-state index contributed by atoms with van der Waals surface area (Å²) in [7, 11) is 1.31. The van der Waals surface area contributed by atoms with Crippen LogP contribution in [0.25, 0.3) is 0 Å². The van der Waals surface area contributed by atoms with Crippen LogP contribution in [0.1, 0.15) is 20.7 Å². The Morgan fingerprint density at radius 3 is 2.78 bits per heavy atom. The van der Waals surface area contributed by atoms with Crippen molar-refractivity contribution in [3.63, 3.8) is 0 Å². The van der Waals surface area contributed by atoms with E-state index < -0.39 is 5.97 Å². The fraction of sp³-hybridized carbons (Fsp3) is 0.154. The molecule has 0 bridgehead atoms.